The maximum Gasteiger partial charge on any atom is 0.416 e. The summed E-state index contributed by atoms with van der Waals surface area (Å²) in [7, 11) is 1.79. The first-order chi connectivity index (χ1) is 14.8. The normalized spacial score (nSPS) is 17.4. The fourth-order valence-electron chi connectivity index (χ4n) is 3.95. The van der Waals surface area contributed by atoms with E-state index in [4.69, 9.17) is 4.74 Å². The van der Waals surface area contributed by atoms with Crippen LogP contribution < -0.4 is 4.74 Å². The Morgan fingerprint density at radius 2 is 1.94 bits per heavy atom. The molecule has 1 saturated heterocycles. The van der Waals surface area contributed by atoms with Gasteiger partial charge in [-0.3, -0.25) is 4.79 Å². The van der Waals surface area contributed by atoms with E-state index < -0.39 is 11.7 Å². The molecule has 4 nitrogen and oxygen atoms in total. The fraction of sp³-hybridized carbons (Fsp3) is 0.458. The number of carbonyl (C=O) groups excluding carboxylic acids is 1. The van der Waals surface area contributed by atoms with Crippen LogP contribution in [0.25, 0.3) is 0 Å². The van der Waals surface area contributed by atoms with Crippen molar-refractivity contribution in [2.24, 2.45) is 5.92 Å². The molecule has 0 saturated carbocycles. The summed E-state index contributed by atoms with van der Waals surface area (Å²) in [5.74, 6) is 0.952. The van der Waals surface area contributed by atoms with Crippen LogP contribution in [0.1, 0.15) is 24.0 Å². The Balaban J connectivity index is 1.44. The van der Waals surface area contributed by atoms with Gasteiger partial charge in [0.2, 0.25) is 0 Å². The summed E-state index contributed by atoms with van der Waals surface area (Å²) in [6.45, 7) is 3.15. The van der Waals surface area contributed by atoms with Gasteiger partial charge in [0.15, 0.2) is 6.61 Å². The lowest BCUT2D eigenvalue weighted by Crippen LogP contribution is -2.43. The molecular formula is C24H29F3N2O2. The van der Waals surface area contributed by atoms with Crippen molar-refractivity contribution in [3.8, 4) is 5.75 Å². The standard InChI is InChI=1S/C24H29F3N2O2/c1-28(23(30)18-31-22-10-3-2-4-11-22)16-20-8-6-13-29(17-20)14-12-19-7-5-9-21(15-19)24(25,26)27/h2-5,7,9-11,15,20H,6,8,12-14,16-18H2,1H3. The number of rotatable bonds is 8. The van der Waals surface area contributed by atoms with Gasteiger partial charge in [-0.1, -0.05) is 36.4 Å². The quantitative estimate of drug-likeness (QED) is 0.614. The first-order valence-corrected chi connectivity index (χ1v) is 10.6. The minimum Gasteiger partial charge on any atom is -0.484 e. The van der Waals surface area contributed by atoms with Gasteiger partial charge in [0.25, 0.3) is 5.91 Å². The molecule has 1 aliphatic rings. The van der Waals surface area contributed by atoms with Crippen LogP contribution in [0.4, 0.5) is 13.2 Å². The SMILES string of the molecule is CN(CC1CCCN(CCc2cccc(C(F)(F)F)c2)C1)C(=O)COc1ccccc1. The van der Waals surface area contributed by atoms with E-state index in [0.29, 0.717) is 36.7 Å². The van der Waals surface area contributed by atoms with E-state index in [1.807, 2.05) is 30.3 Å². The van der Waals surface area contributed by atoms with Crippen molar-refractivity contribution in [3.63, 3.8) is 0 Å². The number of likely N-dealkylation sites (tertiary alicyclic amines) is 1. The van der Waals surface area contributed by atoms with Crippen LogP contribution in [0.5, 0.6) is 5.75 Å². The van der Waals surface area contributed by atoms with Crippen molar-refractivity contribution in [2.75, 3.05) is 39.8 Å². The molecule has 2 aromatic carbocycles. The van der Waals surface area contributed by atoms with Crippen LogP contribution >= 0.6 is 0 Å². The number of alkyl halides is 3. The molecule has 0 aliphatic carbocycles. The zero-order chi connectivity index (χ0) is 22.3. The number of amides is 1. The second-order valence-corrected chi connectivity index (χ2v) is 8.13. The zero-order valence-electron chi connectivity index (χ0n) is 17.8. The van der Waals surface area contributed by atoms with E-state index in [1.54, 1.807) is 18.0 Å². The van der Waals surface area contributed by atoms with Crippen LogP contribution in [-0.4, -0.2) is 55.5 Å². The summed E-state index contributed by atoms with van der Waals surface area (Å²) in [6, 6.07) is 14.8. The second-order valence-electron chi connectivity index (χ2n) is 8.13. The Hall–Kier alpha value is -2.54. The van der Waals surface area contributed by atoms with Crippen molar-refractivity contribution < 1.29 is 22.7 Å². The van der Waals surface area contributed by atoms with E-state index in [2.05, 4.69) is 4.90 Å². The lowest BCUT2D eigenvalue weighted by atomic mass is 9.97. The van der Waals surface area contributed by atoms with E-state index in [1.165, 1.54) is 12.1 Å². The Labute approximate surface area is 181 Å². The predicted octanol–water partition coefficient (Wildman–Crippen LogP) is 4.50. The largest absolute Gasteiger partial charge is 0.484 e. The van der Waals surface area contributed by atoms with Crippen molar-refractivity contribution in [2.45, 2.75) is 25.4 Å². The van der Waals surface area contributed by atoms with Gasteiger partial charge in [-0.25, -0.2) is 0 Å². The van der Waals surface area contributed by atoms with Gasteiger partial charge in [0.1, 0.15) is 5.75 Å². The third kappa shape index (κ3) is 7.28. The molecule has 1 aliphatic heterocycles. The van der Waals surface area contributed by atoms with Crippen LogP contribution in [0.2, 0.25) is 0 Å². The molecule has 0 radical (unpaired) electrons. The van der Waals surface area contributed by atoms with Gasteiger partial charge < -0.3 is 14.5 Å². The number of nitrogens with zero attached hydrogens (tertiary/aromatic N) is 2. The highest BCUT2D eigenvalue weighted by Crippen LogP contribution is 2.29. The van der Waals surface area contributed by atoms with E-state index in [0.717, 1.165) is 32.0 Å². The van der Waals surface area contributed by atoms with Crippen LogP contribution in [-0.2, 0) is 17.4 Å². The van der Waals surface area contributed by atoms with E-state index >= 15 is 0 Å². The number of ether oxygens (including phenoxy) is 1. The summed E-state index contributed by atoms with van der Waals surface area (Å²) >= 11 is 0. The van der Waals surface area contributed by atoms with Crippen LogP contribution in [0, 0.1) is 5.92 Å². The summed E-state index contributed by atoms with van der Waals surface area (Å²) in [6.07, 6.45) is -1.67. The summed E-state index contributed by atoms with van der Waals surface area (Å²) < 4.78 is 44.2. The zero-order valence-corrected chi connectivity index (χ0v) is 17.8. The number of carbonyl (C=O) groups is 1. The number of halogens is 3. The molecule has 0 bridgehead atoms. The van der Waals surface area contributed by atoms with Gasteiger partial charge >= 0.3 is 6.18 Å². The molecule has 7 heteroatoms. The number of piperidine rings is 1. The molecule has 1 unspecified atom stereocenters. The monoisotopic (exact) mass is 434 g/mol. The number of likely N-dealkylation sites (N-methyl/N-ethyl adjacent to an activating group) is 1. The van der Waals surface area contributed by atoms with E-state index in [9.17, 15) is 18.0 Å². The molecule has 31 heavy (non-hydrogen) atoms. The first-order valence-electron chi connectivity index (χ1n) is 10.6. The van der Waals surface area contributed by atoms with Crippen LogP contribution in [0.15, 0.2) is 54.6 Å². The summed E-state index contributed by atoms with van der Waals surface area (Å²) in [5.41, 5.74) is 0.0988. The maximum atomic E-state index is 12.9. The van der Waals surface area contributed by atoms with E-state index in [-0.39, 0.29) is 12.5 Å². The Morgan fingerprint density at radius 3 is 2.68 bits per heavy atom. The highest BCUT2D eigenvalue weighted by atomic mass is 19.4. The highest BCUT2D eigenvalue weighted by Gasteiger charge is 2.30. The third-order valence-electron chi connectivity index (χ3n) is 5.64. The Morgan fingerprint density at radius 1 is 1.16 bits per heavy atom. The maximum absolute atomic E-state index is 12.9. The van der Waals surface area contributed by atoms with Crippen molar-refractivity contribution in [1.29, 1.82) is 0 Å². The smallest absolute Gasteiger partial charge is 0.416 e. The minimum absolute atomic E-state index is 0.00644. The first kappa shape index (κ1) is 23.1. The molecule has 3 rings (SSSR count). The molecular weight excluding hydrogens is 405 g/mol. The number of para-hydroxylation sites is 1. The van der Waals surface area contributed by atoms with Crippen LogP contribution in [0.3, 0.4) is 0 Å². The number of benzene rings is 2. The fourth-order valence-corrected chi connectivity index (χ4v) is 3.95. The van der Waals surface area contributed by atoms with Gasteiger partial charge in [-0.2, -0.15) is 13.2 Å². The van der Waals surface area contributed by atoms with Crippen molar-refractivity contribution in [1.82, 2.24) is 9.80 Å². The number of hydrogen-bond donors (Lipinski definition) is 0. The predicted molar refractivity (Wildman–Crippen MR) is 114 cm³/mol. The lowest BCUT2D eigenvalue weighted by Gasteiger charge is -2.34. The topological polar surface area (TPSA) is 32.8 Å². The molecule has 1 amide bonds. The highest BCUT2D eigenvalue weighted by molar-refractivity contribution is 5.77. The average Bonchev–Trinajstić information content (AvgIpc) is 2.76. The summed E-state index contributed by atoms with van der Waals surface area (Å²) in [4.78, 5) is 16.4. The van der Waals surface area contributed by atoms with Crippen molar-refractivity contribution in [3.05, 3.63) is 65.7 Å². The molecule has 1 atom stereocenters. The Bertz CT molecular complexity index is 842. The Kier molecular flexibility index (Phi) is 7.96. The third-order valence-corrected chi connectivity index (χ3v) is 5.64. The molecule has 0 N–H and O–H groups in total. The molecule has 0 spiro atoms. The lowest BCUT2D eigenvalue weighted by molar-refractivity contribution is -0.137. The average molecular weight is 435 g/mol. The molecule has 2 aromatic rings. The molecule has 1 heterocycles. The van der Waals surface area contributed by atoms with Gasteiger partial charge in [-0.05, 0) is 55.5 Å². The number of hydrogen-bond acceptors (Lipinski definition) is 3. The summed E-state index contributed by atoms with van der Waals surface area (Å²) in [5, 5.41) is 0. The molecule has 168 valence electrons. The van der Waals surface area contributed by atoms with Gasteiger partial charge in [0, 0.05) is 26.7 Å². The minimum atomic E-state index is -4.31. The van der Waals surface area contributed by atoms with Crippen molar-refractivity contribution >= 4 is 5.91 Å². The van der Waals surface area contributed by atoms with Gasteiger partial charge in [-0.15, -0.1) is 0 Å². The van der Waals surface area contributed by atoms with Gasteiger partial charge in [0.05, 0.1) is 5.56 Å². The molecule has 1 fully saturated rings. The second kappa shape index (κ2) is 10.7. The molecule has 0 aromatic heterocycles.